The summed E-state index contributed by atoms with van der Waals surface area (Å²) in [6.07, 6.45) is -0.636. The van der Waals surface area contributed by atoms with Crippen LogP contribution in [-0.4, -0.2) is 46.7 Å². The van der Waals surface area contributed by atoms with Gasteiger partial charge in [-0.3, -0.25) is 9.59 Å². The van der Waals surface area contributed by atoms with Crippen LogP contribution in [0.4, 0.5) is 0 Å². The molecule has 7 heteroatoms. The molecule has 4 N–H and O–H groups in total. The molecule has 0 fully saturated rings. The number of carboxylic acids is 2. The molecule has 0 radical (unpaired) electrons. The zero-order valence-electron chi connectivity index (χ0n) is 9.19. The SMILES string of the molecule is CC(C)NCC(=O)NC(CC(=O)O)C(=O)O. The van der Waals surface area contributed by atoms with E-state index in [1.165, 1.54) is 0 Å². The molecule has 16 heavy (non-hydrogen) atoms. The molecule has 1 amide bonds. The number of hydrogen-bond donors (Lipinski definition) is 4. The molecule has 0 aromatic heterocycles. The minimum absolute atomic E-state index is 0.0406. The van der Waals surface area contributed by atoms with E-state index in [0.717, 1.165) is 0 Å². The fraction of sp³-hybridized carbons (Fsp3) is 0.667. The van der Waals surface area contributed by atoms with E-state index in [1.807, 2.05) is 13.8 Å². The largest absolute Gasteiger partial charge is 0.481 e. The average Bonchev–Trinajstić information content (AvgIpc) is 2.12. The fourth-order valence-corrected chi connectivity index (χ4v) is 0.917. The molecule has 92 valence electrons. The third-order valence-corrected chi connectivity index (χ3v) is 1.68. The van der Waals surface area contributed by atoms with Crippen LogP contribution in [-0.2, 0) is 14.4 Å². The summed E-state index contributed by atoms with van der Waals surface area (Å²) in [7, 11) is 0. The minimum Gasteiger partial charge on any atom is -0.481 e. The second kappa shape index (κ2) is 6.78. The minimum atomic E-state index is -1.39. The Kier molecular flexibility index (Phi) is 6.09. The summed E-state index contributed by atoms with van der Waals surface area (Å²) in [5.74, 6) is -3.17. The molecule has 0 spiro atoms. The lowest BCUT2D eigenvalue weighted by Gasteiger charge is -2.13. The van der Waals surface area contributed by atoms with Crippen molar-refractivity contribution in [3.8, 4) is 0 Å². The molecule has 0 heterocycles. The van der Waals surface area contributed by atoms with Crippen molar-refractivity contribution in [2.24, 2.45) is 0 Å². The topological polar surface area (TPSA) is 116 Å². The third-order valence-electron chi connectivity index (χ3n) is 1.68. The Morgan fingerprint density at radius 3 is 2.12 bits per heavy atom. The van der Waals surface area contributed by atoms with Crippen LogP contribution in [0.5, 0.6) is 0 Å². The van der Waals surface area contributed by atoms with Crippen LogP contribution in [0.2, 0.25) is 0 Å². The normalized spacial score (nSPS) is 12.2. The van der Waals surface area contributed by atoms with E-state index in [-0.39, 0.29) is 12.6 Å². The van der Waals surface area contributed by atoms with Crippen molar-refractivity contribution in [1.29, 1.82) is 0 Å². The Hall–Kier alpha value is -1.63. The van der Waals surface area contributed by atoms with Gasteiger partial charge in [0.25, 0.3) is 0 Å². The maximum Gasteiger partial charge on any atom is 0.326 e. The van der Waals surface area contributed by atoms with E-state index in [4.69, 9.17) is 10.2 Å². The van der Waals surface area contributed by atoms with Crippen LogP contribution < -0.4 is 10.6 Å². The monoisotopic (exact) mass is 232 g/mol. The molecule has 1 unspecified atom stereocenters. The summed E-state index contributed by atoms with van der Waals surface area (Å²) in [6.45, 7) is 3.62. The van der Waals surface area contributed by atoms with Gasteiger partial charge < -0.3 is 20.8 Å². The van der Waals surface area contributed by atoms with Gasteiger partial charge in [-0.1, -0.05) is 13.8 Å². The van der Waals surface area contributed by atoms with Gasteiger partial charge in [-0.25, -0.2) is 4.79 Å². The first kappa shape index (κ1) is 14.4. The number of hydrogen-bond acceptors (Lipinski definition) is 4. The number of nitrogens with one attached hydrogen (secondary N) is 2. The van der Waals surface area contributed by atoms with E-state index >= 15 is 0 Å². The lowest BCUT2D eigenvalue weighted by Crippen LogP contribution is -2.46. The zero-order chi connectivity index (χ0) is 12.7. The zero-order valence-corrected chi connectivity index (χ0v) is 9.19. The van der Waals surface area contributed by atoms with E-state index in [0.29, 0.717) is 0 Å². The Labute approximate surface area is 92.8 Å². The number of rotatable bonds is 7. The van der Waals surface area contributed by atoms with Crippen molar-refractivity contribution >= 4 is 17.8 Å². The van der Waals surface area contributed by atoms with Crippen molar-refractivity contribution in [2.45, 2.75) is 32.4 Å². The highest BCUT2D eigenvalue weighted by Crippen LogP contribution is 1.92. The molecule has 0 rings (SSSR count). The molecule has 0 bridgehead atoms. The predicted molar refractivity (Wildman–Crippen MR) is 55.0 cm³/mol. The maximum absolute atomic E-state index is 11.2. The van der Waals surface area contributed by atoms with Crippen molar-refractivity contribution in [2.75, 3.05) is 6.54 Å². The highest BCUT2D eigenvalue weighted by atomic mass is 16.4. The molecule has 0 aromatic carbocycles. The number of carboxylic acid groups (broad SMARTS) is 2. The van der Waals surface area contributed by atoms with Crippen LogP contribution in [0.1, 0.15) is 20.3 Å². The highest BCUT2D eigenvalue weighted by molar-refractivity contribution is 5.87. The number of carbonyl (C=O) groups excluding carboxylic acids is 1. The van der Waals surface area contributed by atoms with E-state index in [1.54, 1.807) is 0 Å². The Morgan fingerprint density at radius 2 is 1.75 bits per heavy atom. The number of aliphatic carboxylic acids is 2. The molecule has 0 saturated carbocycles. The van der Waals surface area contributed by atoms with Crippen molar-refractivity contribution in [1.82, 2.24) is 10.6 Å². The summed E-state index contributed by atoms with van der Waals surface area (Å²) in [5, 5.41) is 22.0. The number of amides is 1. The van der Waals surface area contributed by atoms with Crippen molar-refractivity contribution in [3.05, 3.63) is 0 Å². The lowest BCUT2D eigenvalue weighted by atomic mass is 10.2. The van der Waals surface area contributed by atoms with Crippen LogP contribution in [0, 0.1) is 0 Å². The second-order valence-electron chi connectivity index (χ2n) is 3.59. The van der Waals surface area contributed by atoms with Gasteiger partial charge in [-0.05, 0) is 0 Å². The van der Waals surface area contributed by atoms with E-state index in [2.05, 4.69) is 10.6 Å². The van der Waals surface area contributed by atoms with Crippen LogP contribution >= 0.6 is 0 Å². The molecule has 1 atom stereocenters. The first-order chi connectivity index (χ1) is 7.32. The van der Waals surface area contributed by atoms with Crippen LogP contribution in [0.25, 0.3) is 0 Å². The molecule has 0 aliphatic rings. The van der Waals surface area contributed by atoms with Gasteiger partial charge in [0.05, 0.1) is 13.0 Å². The molecule has 0 aliphatic carbocycles. The van der Waals surface area contributed by atoms with E-state index < -0.39 is 30.3 Å². The Balaban J connectivity index is 4.13. The molecule has 0 aliphatic heterocycles. The van der Waals surface area contributed by atoms with Crippen molar-refractivity contribution in [3.63, 3.8) is 0 Å². The van der Waals surface area contributed by atoms with Gasteiger partial charge in [0.1, 0.15) is 6.04 Å². The lowest BCUT2D eigenvalue weighted by molar-refractivity contribution is -0.147. The molecule has 7 nitrogen and oxygen atoms in total. The third kappa shape index (κ3) is 6.77. The average molecular weight is 232 g/mol. The highest BCUT2D eigenvalue weighted by Gasteiger charge is 2.22. The first-order valence-corrected chi connectivity index (χ1v) is 4.80. The summed E-state index contributed by atoms with van der Waals surface area (Å²) >= 11 is 0. The number of carbonyl (C=O) groups is 3. The van der Waals surface area contributed by atoms with Gasteiger partial charge in [0.15, 0.2) is 0 Å². The molecule has 0 aromatic rings. The first-order valence-electron chi connectivity index (χ1n) is 4.80. The summed E-state index contributed by atoms with van der Waals surface area (Å²) in [4.78, 5) is 32.2. The van der Waals surface area contributed by atoms with Gasteiger partial charge in [0, 0.05) is 6.04 Å². The van der Waals surface area contributed by atoms with E-state index in [9.17, 15) is 14.4 Å². The standard InChI is InChI=1S/C9H16N2O5/c1-5(2)10-4-7(12)11-6(9(15)16)3-8(13)14/h5-6,10H,3-4H2,1-2H3,(H,11,12)(H,13,14)(H,15,16). The quantitative estimate of drug-likeness (QED) is 0.449. The molecular weight excluding hydrogens is 216 g/mol. The molecule has 0 saturated heterocycles. The van der Waals surface area contributed by atoms with Gasteiger partial charge in [-0.15, -0.1) is 0 Å². The molecular formula is C9H16N2O5. The summed E-state index contributed by atoms with van der Waals surface area (Å²) in [6, 6.07) is -1.30. The van der Waals surface area contributed by atoms with Gasteiger partial charge in [0.2, 0.25) is 5.91 Å². The van der Waals surface area contributed by atoms with Gasteiger partial charge >= 0.3 is 11.9 Å². The fourth-order valence-electron chi connectivity index (χ4n) is 0.917. The summed E-state index contributed by atoms with van der Waals surface area (Å²) in [5.41, 5.74) is 0. The second-order valence-corrected chi connectivity index (χ2v) is 3.59. The maximum atomic E-state index is 11.2. The smallest absolute Gasteiger partial charge is 0.326 e. The summed E-state index contributed by atoms with van der Waals surface area (Å²) < 4.78 is 0. The van der Waals surface area contributed by atoms with Gasteiger partial charge in [-0.2, -0.15) is 0 Å². The Bertz CT molecular complexity index is 277. The van der Waals surface area contributed by atoms with Crippen LogP contribution in [0.3, 0.4) is 0 Å². The predicted octanol–water partition coefficient (Wildman–Crippen LogP) is -0.971. The Morgan fingerprint density at radius 1 is 1.19 bits per heavy atom. The van der Waals surface area contributed by atoms with Crippen molar-refractivity contribution < 1.29 is 24.6 Å². The van der Waals surface area contributed by atoms with Crippen LogP contribution in [0.15, 0.2) is 0 Å².